The number of nitrogens with zero attached hydrogens (tertiary/aromatic N) is 2. The summed E-state index contributed by atoms with van der Waals surface area (Å²) < 4.78 is 0. The molecular weight excluding hydrogens is 218 g/mol. The van der Waals surface area contributed by atoms with E-state index in [1.165, 1.54) is 6.42 Å². The minimum Gasteiger partial charge on any atom is -0.332 e. The van der Waals surface area contributed by atoms with Gasteiger partial charge in [-0.15, -0.1) is 0 Å². The van der Waals surface area contributed by atoms with Crippen molar-refractivity contribution in [2.45, 2.75) is 32.2 Å². The molecule has 0 saturated carbocycles. The second kappa shape index (κ2) is 5.49. The molecule has 2 fully saturated rings. The number of nitrogens with one attached hydrogen (secondary N) is 1. The first kappa shape index (κ1) is 12.4. The average molecular weight is 239 g/mol. The number of carbonyl (C=O) groups excluding carboxylic acids is 2. The highest BCUT2D eigenvalue weighted by atomic mass is 16.2. The lowest BCUT2D eigenvalue weighted by Gasteiger charge is -2.35. The van der Waals surface area contributed by atoms with Crippen LogP contribution in [-0.2, 0) is 9.59 Å². The van der Waals surface area contributed by atoms with E-state index in [1.807, 2.05) is 6.92 Å². The Morgan fingerprint density at radius 2 is 1.94 bits per heavy atom. The third-order valence-corrected chi connectivity index (χ3v) is 3.45. The number of hydrogen-bond donors (Lipinski definition) is 1. The van der Waals surface area contributed by atoms with Crippen LogP contribution in [0.3, 0.4) is 0 Å². The van der Waals surface area contributed by atoms with E-state index in [1.54, 1.807) is 9.80 Å². The van der Waals surface area contributed by atoms with Gasteiger partial charge in [-0.05, 0) is 25.8 Å². The Balaban J connectivity index is 1.88. The number of amides is 2. The molecule has 0 radical (unpaired) electrons. The fraction of sp³-hybridized carbons (Fsp3) is 0.833. The molecule has 2 rings (SSSR count). The summed E-state index contributed by atoms with van der Waals surface area (Å²) in [6.45, 7) is 4.95. The Morgan fingerprint density at radius 3 is 2.59 bits per heavy atom. The Hall–Kier alpha value is -1.10. The summed E-state index contributed by atoms with van der Waals surface area (Å²) in [5.74, 6) is 0.177. The van der Waals surface area contributed by atoms with E-state index in [4.69, 9.17) is 0 Å². The largest absolute Gasteiger partial charge is 0.332 e. The molecule has 0 bridgehead atoms. The Labute approximate surface area is 102 Å². The van der Waals surface area contributed by atoms with Crippen LogP contribution in [0.5, 0.6) is 0 Å². The third kappa shape index (κ3) is 2.97. The highest BCUT2D eigenvalue weighted by molar-refractivity contribution is 5.92. The van der Waals surface area contributed by atoms with E-state index in [0.717, 1.165) is 19.4 Å². The van der Waals surface area contributed by atoms with E-state index in [-0.39, 0.29) is 24.9 Å². The SMILES string of the molecule is CCCN1CC(=O)N(C[C@H]2CCCN2)CC1=O. The lowest BCUT2D eigenvalue weighted by atomic mass is 10.2. The van der Waals surface area contributed by atoms with Crippen molar-refractivity contribution in [1.29, 1.82) is 0 Å². The van der Waals surface area contributed by atoms with E-state index in [2.05, 4.69) is 5.32 Å². The van der Waals surface area contributed by atoms with Crippen molar-refractivity contribution in [3.8, 4) is 0 Å². The van der Waals surface area contributed by atoms with Gasteiger partial charge < -0.3 is 15.1 Å². The van der Waals surface area contributed by atoms with Crippen molar-refractivity contribution in [2.24, 2.45) is 0 Å². The molecule has 17 heavy (non-hydrogen) atoms. The molecule has 0 unspecified atom stereocenters. The Morgan fingerprint density at radius 1 is 1.24 bits per heavy atom. The minimum atomic E-state index is 0.0875. The van der Waals surface area contributed by atoms with Gasteiger partial charge in [-0.25, -0.2) is 0 Å². The lowest BCUT2D eigenvalue weighted by Crippen LogP contribution is -2.56. The second-order valence-corrected chi connectivity index (χ2v) is 4.88. The molecule has 0 aliphatic carbocycles. The van der Waals surface area contributed by atoms with E-state index < -0.39 is 0 Å². The predicted molar refractivity (Wildman–Crippen MR) is 64.5 cm³/mol. The van der Waals surface area contributed by atoms with E-state index in [0.29, 0.717) is 19.1 Å². The van der Waals surface area contributed by atoms with Gasteiger partial charge in [0.1, 0.15) is 0 Å². The summed E-state index contributed by atoms with van der Waals surface area (Å²) >= 11 is 0. The normalized spacial score (nSPS) is 25.8. The van der Waals surface area contributed by atoms with Gasteiger partial charge in [-0.2, -0.15) is 0 Å². The quantitative estimate of drug-likeness (QED) is 0.740. The van der Waals surface area contributed by atoms with Gasteiger partial charge in [-0.3, -0.25) is 9.59 Å². The highest BCUT2D eigenvalue weighted by Gasteiger charge is 2.31. The van der Waals surface area contributed by atoms with Crippen molar-refractivity contribution in [3.05, 3.63) is 0 Å². The molecule has 2 saturated heterocycles. The summed E-state index contributed by atoms with van der Waals surface area (Å²) in [5, 5.41) is 3.36. The number of hydrogen-bond acceptors (Lipinski definition) is 3. The van der Waals surface area contributed by atoms with Crippen LogP contribution in [0.4, 0.5) is 0 Å². The molecule has 0 spiro atoms. The molecule has 0 aromatic heterocycles. The zero-order chi connectivity index (χ0) is 12.3. The van der Waals surface area contributed by atoms with Crippen LogP contribution >= 0.6 is 0 Å². The Bertz CT molecular complexity index is 300. The third-order valence-electron chi connectivity index (χ3n) is 3.45. The first-order chi connectivity index (χ1) is 8.20. The van der Waals surface area contributed by atoms with Crippen LogP contribution in [0.25, 0.3) is 0 Å². The van der Waals surface area contributed by atoms with Crippen LogP contribution in [0.2, 0.25) is 0 Å². The van der Waals surface area contributed by atoms with E-state index >= 15 is 0 Å². The molecule has 1 atom stereocenters. The monoisotopic (exact) mass is 239 g/mol. The zero-order valence-corrected chi connectivity index (χ0v) is 10.4. The van der Waals surface area contributed by atoms with Gasteiger partial charge in [0.2, 0.25) is 11.8 Å². The van der Waals surface area contributed by atoms with Gasteiger partial charge >= 0.3 is 0 Å². The smallest absolute Gasteiger partial charge is 0.242 e. The maximum Gasteiger partial charge on any atom is 0.242 e. The zero-order valence-electron chi connectivity index (χ0n) is 10.4. The maximum absolute atomic E-state index is 11.9. The highest BCUT2D eigenvalue weighted by Crippen LogP contribution is 2.11. The van der Waals surface area contributed by atoms with Gasteiger partial charge in [0, 0.05) is 19.1 Å². The summed E-state index contributed by atoms with van der Waals surface area (Å²) in [5.41, 5.74) is 0. The lowest BCUT2D eigenvalue weighted by molar-refractivity contribution is -0.150. The summed E-state index contributed by atoms with van der Waals surface area (Å²) in [6.07, 6.45) is 3.18. The van der Waals surface area contributed by atoms with Crippen LogP contribution in [0.15, 0.2) is 0 Å². The van der Waals surface area contributed by atoms with Gasteiger partial charge in [0.15, 0.2) is 0 Å². The van der Waals surface area contributed by atoms with Crippen molar-refractivity contribution in [1.82, 2.24) is 15.1 Å². The fourth-order valence-corrected chi connectivity index (χ4v) is 2.52. The number of carbonyl (C=O) groups is 2. The molecule has 2 heterocycles. The van der Waals surface area contributed by atoms with Crippen LogP contribution in [0, 0.1) is 0 Å². The van der Waals surface area contributed by atoms with Crippen molar-refractivity contribution >= 4 is 11.8 Å². The van der Waals surface area contributed by atoms with Gasteiger partial charge in [-0.1, -0.05) is 6.92 Å². The molecular formula is C12H21N3O2. The summed E-state index contributed by atoms with van der Waals surface area (Å²) in [4.78, 5) is 27.1. The summed E-state index contributed by atoms with van der Waals surface area (Å²) in [7, 11) is 0. The molecule has 5 nitrogen and oxygen atoms in total. The molecule has 2 aliphatic rings. The topological polar surface area (TPSA) is 52.7 Å². The van der Waals surface area contributed by atoms with Crippen LogP contribution < -0.4 is 5.32 Å². The average Bonchev–Trinajstić information content (AvgIpc) is 2.78. The van der Waals surface area contributed by atoms with Crippen molar-refractivity contribution in [2.75, 3.05) is 32.7 Å². The second-order valence-electron chi connectivity index (χ2n) is 4.88. The van der Waals surface area contributed by atoms with Gasteiger partial charge in [0.05, 0.1) is 13.1 Å². The fourth-order valence-electron chi connectivity index (χ4n) is 2.52. The minimum absolute atomic E-state index is 0.0875. The van der Waals surface area contributed by atoms with E-state index in [9.17, 15) is 9.59 Å². The first-order valence-electron chi connectivity index (χ1n) is 6.49. The number of rotatable bonds is 4. The van der Waals surface area contributed by atoms with Crippen LogP contribution in [-0.4, -0.2) is 60.4 Å². The molecule has 0 aromatic rings. The number of piperazine rings is 1. The van der Waals surface area contributed by atoms with Crippen LogP contribution in [0.1, 0.15) is 26.2 Å². The molecule has 2 amide bonds. The first-order valence-corrected chi connectivity index (χ1v) is 6.49. The predicted octanol–water partition coefficient (Wildman–Crippen LogP) is -0.181. The van der Waals surface area contributed by atoms with Gasteiger partial charge in [0.25, 0.3) is 0 Å². The van der Waals surface area contributed by atoms with Crippen molar-refractivity contribution < 1.29 is 9.59 Å². The Kier molecular flexibility index (Phi) is 3.99. The standard InChI is InChI=1S/C12H21N3O2/c1-2-6-14-8-12(17)15(9-11(14)16)7-10-4-3-5-13-10/h10,13H,2-9H2,1H3/t10-/m1/s1. The summed E-state index contributed by atoms with van der Waals surface area (Å²) in [6, 6.07) is 0.379. The molecule has 96 valence electrons. The molecule has 2 aliphatic heterocycles. The van der Waals surface area contributed by atoms with Crippen molar-refractivity contribution in [3.63, 3.8) is 0 Å². The maximum atomic E-state index is 11.9. The molecule has 1 N–H and O–H groups in total. The molecule has 0 aromatic carbocycles. The molecule has 5 heteroatoms.